The van der Waals surface area contributed by atoms with Crippen molar-refractivity contribution in [1.82, 2.24) is 5.32 Å². The van der Waals surface area contributed by atoms with Crippen LogP contribution in [0.2, 0.25) is 0 Å². The van der Waals surface area contributed by atoms with Crippen molar-refractivity contribution in [1.29, 1.82) is 0 Å². The van der Waals surface area contributed by atoms with Crippen molar-refractivity contribution in [3.05, 3.63) is 64.2 Å². The van der Waals surface area contributed by atoms with Crippen LogP contribution in [-0.2, 0) is 0 Å². The first kappa shape index (κ1) is 16.5. The van der Waals surface area contributed by atoms with Crippen molar-refractivity contribution in [3.8, 4) is 5.75 Å². The van der Waals surface area contributed by atoms with Crippen molar-refractivity contribution < 1.29 is 14.5 Å². The smallest absolute Gasteiger partial charge is 0.410 e. The highest BCUT2D eigenvalue weighted by atomic mass is 32.2. The fourth-order valence-corrected chi connectivity index (χ4v) is 2.19. The number of non-ortho nitro benzene ring substituents is 1. The number of nitrogens with zero attached hydrogens (tertiary/aromatic N) is 2. The number of amides is 1. The molecule has 0 aliphatic heterocycles. The molecule has 0 bridgehead atoms. The summed E-state index contributed by atoms with van der Waals surface area (Å²) >= 11 is 1.13. The average Bonchev–Trinajstić information content (AvgIpc) is 2.56. The normalized spacial score (nSPS) is 10.5. The number of rotatable bonds is 5. The Balaban J connectivity index is 1.96. The lowest BCUT2D eigenvalue weighted by Crippen LogP contribution is -2.21. The standard InChI is InChI=1S/C15H13N3O4S/c1-16-15(19)22-13-7-5-11(6-8-13)10-17-23-14-4-2-3-12(9-14)18(20)21/h2-10H,1H3,(H,16,19)/b17-10+. The van der Waals surface area contributed by atoms with Gasteiger partial charge in [0.1, 0.15) is 5.75 Å². The first-order valence-corrected chi connectivity index (χ1v) is 7.30. The van der Waals surface area contributed by atoms with Crippen molar-refractivity contribution in [3.63, 3.8) is 0 Å². The number of nitrogens with one attached hydrogen (secondary N) is 1. The highest BCUT2D eigenvalue weighted by Crippen LogP contribution is 2.23. The molecule has 0 aliphatic rings. The van der Waals surface area contributed by atoms with Gasteiger partial charge in [-0.05, 0) is 35.9 Å². The maximum atomic E-state index is 11.1. The summed E-state index contributed by atoms with van der Waals surface area (Å²) in [6, 6.07) is 13.0. The molecule has 0 fully saturated rings. The third-order valence-electron chi connectivity index (χ3n) is 2.68. The summed E-state index contributed by atoms with van der Waals surface area (Å²) in [6.45, 7) is 0. The molecule has 0 spiro atoms. The molecule has 1 amide bonds. The van der Waals surface area contributed by atoms with E-state index < -0.39 is 11.0 Å². The molecule has 0 radical (unpaired) electrons. The maximum absolute atomic E-state index is 11.1. The Morgan fingerprint density at radius 3 is 2.70 bits per heavy atom. The van der Waals surface area contributed by atoms with Gasteiger partial charge in [-0.1, -0.05) is 6.07 Å². The molecule has 2 rings (SSSR count). The van der Waals surface area contributed by atoms with Crippen LogP contribution in [0.15, 0.2) is 57.8 Å². The van der Waals surface area contributed by atoms with E-state index in [2.05, 4.69) is 9.71 Å². The Labute approximate surface area is 136 Å². The summed E-state index contributed by atoms with van der Waals surface area (Å²) in [5.41, 5.74) is 0.841. The van der Waals surface area contributed by atoms with E-state index in [-0.39, 0.29) is 5.69 Å². The molecule has 0 saturated heterocycles. The molecule has 23 heavy (non-hydrogen) atoms. The summed E-state index contributed by atoms with van der Waals surface area (Å²) < 4.78 is 9.13. The summed E-state index contributed by atoms with van der Waals surface area (Å²) in [6.07, 6.45) is 1.08. The average molecular weight is 331 g/mol. The van der Waals surface area contributed by atoms with E-state index in [1.165, 1.54) is 19.2 Å². The fourth-order valence-electron chi connectivity index (χ4n) is 1.58. The molecular weight excluding hydrogens is 318 g/mol. The highest BCUT2D eigenvalue weighted by molar-refractivity contribution is 7.98. The zero-order chi connectivity index (χ0) is 16.7. The van der Waals surface area contributed by atoms with Gasteiger partial charge in [-0.25, -0.2) is 9.19 Å². The van der Waals surface area contributed by atoms with Crippen LogP contribution in [0, 0.1) is 10.1 Å². The molecule has 1 N–H and O–H groups in total. The molecule has 0 atom stereocenters. The van der Waals surface area contributed by atoms with Gasteiger partial charge in [-0.15, -0.1) is 0 Å². The van der Waals surface area contributed by atoms with E-state index in [0.29, 0.717) is 10.6 Å². The summed E-state index contributed by atoms with van der Waals surface area (Å²) in [5, 5.41) is 13.1. The quantitative estimate of drug-likeness (QED) is 0.392. The highest BCUT2D eigenvalue weighted by Gasteiger charge is 2.05. The van der Waals surface area contributed by atoms with Gasteiger partial charge < -0.3 is 10.1 Å². The molecule has 0 aliphatic carbocycles. The molecule has 0 heterocycles. The van der Waals surface area contributed by atoms with Crippen LogP contribution in [0.1, 0.15) is 5.56 Å². The molecule has 118 valence electrons. The van der Waals surface area contributed by atoms with E-state index in [4.69, 9.17) is 4.74 Å². The molecular formula is C15H13N3O4S. The number of hydrogen-bond acceptors (Lipinski definition) is 6. The zero-order valence-corrected chi connectivity index (χ0v) is 12.9. The predicted molar refractivity (Wildman–Crippen MR) is 88.1 cm³/mol. The van der Waals surface area contributed by atoms with Crippen LogP contribution in [0.3, 0.4) is 0 Å². The number of nitro benzene ring substituents is 1. The molecule has 0 saturated carbocycles. The van der Waals surface area contributed by atoms with Crippen LogP contribution in [-0.4, -0.2) is 24.3 Å². The van der Waals surface area contributed by atoms with Crippen molar-refractivity contribution in [2.75, 3.05) is 7.05 Å². The minimum Gasteiger partial charge on any atom is -0.410 e. The number of carbonyl (C=O) groups is 1. The molecule has 8 heteroatoms. The second-order valence-corrected chi connectivity index (χ2v) is 5.15. The van der Waals surface area contributed by atoms with Gasteiger partial charge in [0, 0.05) is 42.2 Å². The van der Waals surface area contributed by atoms with Gasteiger partial charge in [0.05, 0.1) is 4.92 Å². The summed E-state index contributed by atoms with van der Waals surface area (Å²) in [4.78, 5) is 22.0. The van der Waals surface area contributed by atoms with Gasteiger partial charge in [-0.2, -0.15) is 0 Å². The number of ether oxygens (including phenoxy) is 1. The van der Waals surface area contributed by atoms with Crippen molar-refractivity contribution >= 4 is 29.9 Å². The van der Waals surface area contributed by atoms with Crippen LogP contribution in [0.5, 0.6) is 5.75 Å². The van der Waals surface area contributed by atoms with Crippen molar-refractivity contribution in [2.45, 2.75) is 4.90 Å². The van der Waals surface area contributed by atoms with E-state index in [1.54, 1.807) is 42.6 Å². The molecule has 2 aromatic rings. The Morgan fingerprint density at radius 2 is 2.04 bits per heavy atom. The summed E-state index contributed by atoms with van der Waals surface area (Å²) in [5.74, 6) is 0.424. The lowest BCUT2D eigenvalue weighted by atomic mass is 10.2. The van der Waals surface area contributed by atoms with Crippen molar-refractivity contribution in [2.24, 2.45) is 4.40 Å². The third kappa shape index (κ3) is 5.11. The third-order valence-corrected chi connectivity index (χ3v) is 3.36. The lowest BCUT2D eigenvalue weighted by Gasteiger charge is -2.02. The minimum atomic E-state index is -0.535. The monoisotopic (exact) mass is 331 g/mol. The maximum Gasteiger partial charge on any atom is 0.412 e. The fraction of sp³-hybridized carbons (Fsp3) is 0.0667. The Bertz CT molecular complexity index is 732. The number of nitro groups is 1. The van der Waals surface area contributed by atoms with E-state index in [0.717, 1.165) is 17.5 Å². The second-order valence-electron chi connectivity index (χ2n) is 4.29. The lowest BCUT2D eigenvalue weighted by molar-refractivity contribution is -0.385. The minimum absolute atomic E-state index is 0.0286. The van der Waals surface area contributed by atoms with Crippen LogP contribution in [0.4, 0.5) is 10.5 Å². The SMILES string of the molecule is CNC(=O)Oc1ccc(/C=N/Sc2cccc([N+](=O)[O-])c2)cc1. The topological polar surface area (TPSA) is 93.8 Å². The largest absolute Gasteiger partial charge is 0.412 e. The van der Waals surface area contributed by atoms with Gasteiger partial charge >= 0.3 is 6.09 Å². The van der Waals surface area contributed by atoms with Crippen LogP contribution in [0.25, 0.3) is 0 Å². The number of benzene rings is 2. The van der Waals surface area contributed by atoms with E-state index in [9.17, 15) is 14.9 Å². The van der Waals surface area contributed by atoms with Gasteiger partial charge in [0.25, 0.3) is 5.69 Å². The summed E-state index contributed by atoms with van der Waals surface area (Å²) in [7, 11) is 1.48. The number of hydrogen-bond donors (Lipinski definition) is 1. The molecule has 0 unspecified atom stereocenters. The van der Waals surface area contributed by atoms with Crippen LogP contribution < -0.4 is 10.1 Å². The molecule has 0 aromatic heterocycles. The second kappa shape index (κ2) is 7.95. The molecule has 2 aromatic carbocycles. The Morgan fingerprint density at radius 1 is 1.30 bits per heavy atom. The predicted octanol–water partition coefficient (Wildman–Crippen LogP) is 3.44. The van der Waals surface area contributed by atoms with Gasteiger partial charge in [0.15, 0.2) is 0 Å². The zero-order valence-electron chi connectivity index (χ0n) is 12.1. The van der Waals surface area contributed by atoms with E-state index in [1.807, 2.05) is 0 Å². The van der Waals surface area contributed by atoms with Gasteiger partial charge in [0.2, 0.25) is 0 Å². The molecule has 7 nitrogen and oxygen atoms in total. The Hall–Kier alpha value is -2.87. The van der Waals surface area contributed by atoms with Crippen LogP contribution >= 0.6 is 11.9 Å². The first-order chi connectivity index (χ1) is 11.1. The van der Waals surface area contributed by atoms with Gasteiger partial charge in [-0.3, -0.25) is 10.1 Å². The Kier molecular flexibility index (Phi) is 5.70. The first-order valence-electron chi connectivity index (χ1n) is 6.53. The van der Waals surface area contributed by atoms with E-state index >= 15 is 0 Å². The number of carbonyl (C=O) groups excluding carboxylic acids is 1.